The minimum atomic E-state index is -0.0899. The number of benzene rings is 1. The van der Waals surface area contributed by atoms with Crippen molar-refractivity contribution in [1.29, 1.82) is 0 Å². The highest BCUT2D eigenvalue weighted by molar-refractivity contribution is 5.98. The van der Waals surface area contributed by atoms with E-state index in [0.717, 1.165) is 13.0 Å². The normalized spacial score (nSPS) is 25.4. The lowest BCUT2D eigenvalue weighted by Crippen LogP contribution is -2.42. The third-order valence-corrected chi connectivity index (χ3v) is 4.39. The zero-order valence-electron chi connectivity index (χ0n) is 11.8. The molecule has 2 aliphatic heterocycles. The van der Waals surface area contributed by atoms with E-state index in [-0.39, 0.29) is 11.9 Å². The first-order chi connectivity index (χ1) is 9.69. The second kappa shape index (κ2) is 5.32. The second-order valence-corrected chi connectivity index (χ2v) is 5.57. The number of ether oxygens (including phenoxy) is 1. The van der Waals surface area contributed by atoms with Crippen LogP contribution in [0.2, 0.25) is 0 Å². The molecule has 2 atom stereocenters. The summed E-state index contributed by atoms with van der Waals surface area (Å²) in [6.07, 6.45) is 3.44. The lowest BCUT2D eigenvalue weighted by molar-refractivity contribution is 0.0926. The molecule has 2 unspecified atom stereocenters. The molecule has 5 heteroatoms. The van der Waals surface area contributed by atoms with Gasteiger partial charge in [-0.3, -0.25) is 9.69 Å². The van der Waals surface area contributed by atoms with E-state index in [0.29, 0.717) is 23.0 Å². The predicted octanol–water partition coefficient (Wildman–Crippen LogP) is 1.24. The van der Waals surface area contributed by atoms with Crippen LogP contribution in [0.1, 0.15) is 29.6 Å². The molecule has 2 fully saturated rings. The first-order valence-corrected chi connectivity index (χ1v) is 7.17. The van der Waals surface area contributed by atoms with E-state index in [9.17, 15) is 4.79 Å². The van der Waals surface area contributed by atoms with E-state index in [1.165, 1.54) is 19.4 Å². The van der Waals surface area contributed by atoms with Crippen molar-refractivity contribution in [3.05, 3.63) is 23.8 Å². The van der Waals surface area contributed by atoms with Crippen molar-refractivity contribution in [2.24, 2.45) is 0 Å². The van der Waals surface area contributed by atoms with Crippen LogP contribution in [-0.4, -0.2) is 43.1 Å². The van der Waals surface area contributed by atoms with Crippen LogP contribution in [0.3, 0.4) is 0 Å². The molecule has 0 radical (unpaired) electrons. The van der Waals surface area contributed by atoms with Crippen molar-refractivity contribution in [3.8, 4) is 5.75 Å². The van der Waals surface area contributed by atoms with Gasteiger partial charge in [-0.05, 0) is 44.0 Å². The number of nitrogens with two attached hydrogens (primary N) is 1. The monoisotopic (exact) mass is 275 g/mol. The van der Waals surface area contributed by atoms with E-state index < -0.39 is 0 Å². The van der Waals surface area contributed by atoms with Crippen molar-refractivity contribution in [1.82, 2.24) is 10.2 Å². The fourth-order valence-electron chi connectivity index (χ4n) is 3.40. The maximum absolute atomic E-state index is 12.5. The zero-order valence-corrected chi connectivity index (χ0v) is 11.8. The molecular weight excluding hydrogens is 254 g/mol. The van der Waals surface area contributed by atoms with Gasteiger partial charge >= 0.3 is 0 Å². The maximum atomic E-state index is 12.5. The molecule has 2 saturated heterocycles. The van der Waals surface area contributed by atoms with E-state index >= 15 is 0 Å². The summed E-state index contributed by atoms with van der Waals surface area (Å²) in [5, 5.41) is 3.15. The smallest absolute Gasteiger partial charge is 0.255 e. The molecule has 1 aromatic carbocycles. The van der Waals surface area contributed by atoms with Gasteiger partial charge in [-0.25, -0.2) is 0 Å². The summed E-state index contributed by atoms with van der Waals surface area (Å²) >= 11 is 0. The molecular formula is C15H21N3O2. The number of carbonyl (C=O) groups excluding carboxylic acids is 1. The van der Waals surface area contributed by atoms with Gasteiger partial charge in [0.2, 0.25) is 0 Å². The Balaban J connectivity index is 1.75. The number of hydrogen-bond donors (Lipinski definition) is 2. The highest BCUT2D eigenvalue weighted by atomic mass is 16.5. The number of rotatable bonds is 3. The van der Waals surface area contributed by atoms with Crippen LogP contribution in [0.5, 0.6) is 5.75 Å². The molecule has 2 aliphatic rings. The number of nitrogens with one attached hydrogen (secondary N) is 1. The number of nitrogens with zero attached hydrogens (tertiary/aromatic N) is 1. The van der Waals surface area contributed by atoms with E-state index in [4.69, 9.17) is 10.5 Å². The maximum Gasteiger partial charge on any atom is 0.255 e. The van der Waals surface area contributed by atoms with Crippen molar-refractivity contribution in [2.45, 2.75) is 31.3 Å². The average Bonchev–Trinajstić information content (AvgIpc) is 3.03. The molecule has 108 valence electrons. The van der Waals surface area contributed by atoms with Crippen LogP contribution in [0.4, 0.5) is 5.69 Å². The van der Waals surface area contributed by atoms with Crippen molar-refractivity contribution < 1.29 is 9.53 Å². The zero-order chi connectivity index (χ0) is 14.1. The summed E-state index contributed by atoms with van der Waals surface area (Å²) in [5.41, 5.74) is 6.86. The molecule has 0 aliphatic carbocycles. The third-order valence-electron chi connectivity index (χ3n) is 4.39. The Kier molecular flexibility index (Phi) is 3.53. The van der Waals surface area contributed by atoms with Gasteiger partial charge in [-0.1, -0.05) is 0 Å². The summed E-state index contributed by atoms with van der Waals surface area (Å²) in [7, 11) is 1.57. The van der Waals surface area contributed by atoms with Gasteiger partial charge in [-0.15, -0.1) is 0 Å². The largest absolute Gasteiger partial charge is 0.496 e. The molecule has 3 N–H and O–H groups in total. The fraction of sp³-hybridized carbons (Fsp3) is 0.533. The van der Waals surface area contributed by atoms with Crippen molar-refractivity contribution >= 4 is 11.6 Å². The van der Waals surface area contributed by atoms with Crippen molar-refractivity contribution in [2.75, 3.05) is 25.9 Å². The molecule has 2 heterocycles. The molecule has 5 nitrogen and oxygen atoms in total. The van der Waals surface area contributed by atoms with Gasteiger partial charge in [0.1, 0.15) is 5.75 Å². The van der Waals surface area contributed by atoms with E-state index in [1.807, 2.05) is 0 Å². The Morgan fingerprint density at radius 2 is 2.25 bits per heavy atom. The van der Waals surface area contributed by atoms with E-state index in [2.05, 4.69) is 10.2 Å². The van der Waals surface area contributed by atoms with Gasteiger partial charge in [0.15, 0.2) is 0 Å². The lowest BCUT2D eigenvalue weighted by atomic mass is 10.1. The quantitative estimate of drug-likeness (QED) is 0.815. The topological polar surface area (TPSA) is 67.6 Å². The Labute approximate surface area is 119 Å². The summed E-state index contributed by atoms with van der Waals surface area (Å²) in [5.74, 6) is 0.478. The van der Waals surface area contributed by atoms with Crippen molar-refractivity contribution in [3.63, 3.8) is 0 Å². The van der Waals surface area contributed by atoms with Crippen LogP contribution in [-0.2, 0) is 0 Å². The van der Waals surface area contributed by atoms with Crippen LogP contribution >= 0.6 is 0 Å². The Morgan fingerprint density at radius 1 is 1.40 bits per heavy atom. The number of nitrogen functional groups attached to an aromatic ring is 1. The molecule has 0 saturated carbocycles. The van der Waals surface area contributed by atoms with Gasteiger partial charge in [-0.2, -0.15) is 0 Å². The van der Waals surface area contributed by atoms with Gasteiger partial charge in [0, 0.05) is 24.3 Å². The second-order valence-electron chi connectivity index (χ2n) is 5.57. The summed E-state index contributed by atoms with van der Waals surface area (Å²) in [4.78, 5) is 14.9. The standard InChI is InChI=1S/C15H21N3O2/c1-20-14-5-4-10(16)9-11(14)15(19)17-12-6-8-18-7-2-3-13(12)18/h4-5,9,12-13H,2-3,6-8,16H2,1H3,(H,17,19). The average molecular weight is 275 g/mol. The number of methoxy groups -OCH3 is 1. The predicted molar refractivity (Wildman–Crippen MR) is 77.9 cm³/mol. The number of fused-ring (bicyclic) bond motifs is 1. The first-order valence-electron chi connectivity index (χ1n) is 7.17. The van der Waals surface area contributed by atoms with Crippen LogP contribution < -0.4 is 15.8 Å². The first kappa shape index (κ1) is 13.2. The number of anilines is 1. The minimum absolute atomic E-state index is 0.0899. The van der Waals surface area contributed by atoms with Gasteiger partial charge < -0.3 is 15.8 Å². The third kappa shape index (κ3) is 2.33. The minimum Gasteiger partial charge on any atom is -0.496 e. The molecule has 3 rings (SSSR count). The van der Waals surface area contributed by atoms with Crippen LogP contribution in [0.15, 0.2) is 18.2 Å². The molecule has 1 amide bonds. The molecule has 1 aromatic rings. The molecule has 0 spiro atoms. The van der Waals surface area contributed by atoms with Gasteiger partial charge in [0.05, 0.1) is 12.7 Å². The summed E-state index contributed by atoms with van der Waals surface area (Å²) < 4.78 is 5.25. The Bertz CT molecular complexity index is 518. The lowest BCUT2D eigenvalue weighted by Gasteiger charge is -2.21. The SMILES string of the molecule is COc1ccc(N)cc1C(=O)NC1CCN2CCCC12. The number of hydrogen-bond acceptors (Lipinski definition) is 4. The highest BCUT2D eigenvalue weighted by Gasteiger charge is 2.38. The Hall–Kier alpha value is -1.75. The molecule has 20 heavy (non-hydrogen) atoms. The Morgan fingerprint density at radius 3 is 3.05 bits per heavy atom. The number of carbonyl (C=O) groups is 1. The summed E-state index contributed by atoms with van der Waals surface area (Å²) in [6, 6.07) is 5.90. The number of amides is 1. The van der Waals surface area contributed by atoms with Crippen LogP contribution in [0.25, 0.3) is 0 Å². The highest BCUT2D eigenvalue weighted by Crippen LogP contribution is 2.29. The van der Waals surface area contributed by atoms with Gasteiger partial charge in [0.25, 0.3) is 5.91 Å². The fourth-order valence-corrected chi connectivity index (χ4v) is 3.40. The molecule has 0 bridgehead atoms. The molecule has 0 aromatic heterocycles. The van der Waals surface area contributed by atoms with E-state index in [1.54, 1.807) is 25.3 Å². The van der Waals surface area contributed by atoms with Crippen LogP contribution in [0, 0.1) is 0 Å². The summed E-state index contributed by atoms with van der Waals surface area (Å²) in [6.45, 7) is 2.25.